The van der Waals surface area contributed by atoms with Crippen molar-refractivity contribution in [2.75, 3.05) is 45.9 Å². The number of allylic oxidation sites excluding steroid dienone is 2. The number of hydrogen-bond acceptors (Lipinski definition) is 6. The summed E-state index contributed by atoms with van der Waals surface area (Å²) >= 11 is 6.49. The maximum atomic E-state index is 14.6. The van der Waals surface area contributed by atoms with Gasteiger partial charge in [0.15, 0.2) is 5.83 Å². The van der Waals surface area contributed by atoms with Crippen LogP contribution >= 0.6 is 11.6 Å². The van der Waals surface area contributed by atoms with E-state index in [1.807, 2.05) is 41.3 Å². The molecule has 0 radical (unpaired) electrons. The van der Waals surface area contributed by atoms with Crippen molar-refractivity contribution in [3.05, 3.63) is 100 Å². The number of hydrogen-bond donors (Lipinski definition) is 0. The van der Waals surface area contributed by atoms with E-state index in [-0.39, 0.29) is 49.3 Å². The minimum absolute atomic E-state index is 0.0189. The maximum Gasteiger partial charge on any atom is 0.282 e. The Kier molecular flexibility index (Phi) is 8.76. The van der Waals surface area contributed by atoms with E-state index in [1.54, 1.807) is 6.07 Å². The second-order valence-corrected chi connectivity index (χ2v) is 13.7. The first-order valence-electron chi connectivity index (χ1n) is 16.4. The molecule has 3 fully saturated rings. The monoisotopic (exact) mass is 686 g/mol. The van der Waals surface area contributed by atoms with Gasteiger partial charge in [0, 0.05) is 49.6 Å². The van der Waals surface area contributed by atoms with E-state index in [2.05, 4.69) is 22.4 Å². The Balaban J connectivity index is 1.29. The van der Waals surface area contributed by atoms with Crippen LogP contribution in [0, 0.1) is 29.6 Å². The molecule has 0 N–H and O–H groups in total. The van der Waals surface area contributed by atoms with Gasteiger partial charge in [-0.15, -0.1) is 0 Å². The van der Waals surface area contributed by atoms with Gasteiger partial charge in [0.1, 0.15) is 36.3 Å². The molecule has 2 aromatic rings. The number of piperazine rings is 1. The summed E-state index contributed by atoms with van der Waals surface area (Å²) in [6.45, 7) is 12.5. The molecule has 8 nitrogen and oxygen atoms in total. The molecule has 0 aromatic heterocycles. The van der Waals surface area contributed by atoms with Gasteiger partial charge in [-0.05, 0) is 42.0 Å². The Hall–Kier alpha value is -4.58. The zero-order chi connectivity index (χ0) is 34.4. The molecule has 1 amide bonds. The van der Waals surface area contributed by atoms with Gasteiger partial charge in [0.2, 0.25) is 12.4 Å². The summed E-state index contributed by atoms with van der Waals surface area (Å²) in [5.74, 6) is -2.74. The molecule has 12 heteroatoms. The van der Waals surface area contributed by atoms with Gasteiger partial charge >= 0.3 is 0 Å². The Morgan fingerprint density at radius 1 is 1.24 bits per heavy atom. The maximum absolute atomic E-state index is 14.6. The van der Waals surface area contributed by atoms with Crippen molar-refractivity contribution in [1.29, 1.82) is 5.26 Å². The summed E-state index contributed by atoms with van der Waals surface area (Å²) in [6, 6.07) is 9.77. The average molecular weight is 687 g/mol. The molecule has 3 saturated heterocycles. The number of nitriles is 1. The lowest BCUT2D eigenvalue weighted by atomic mass is 9.82. The molecule has 1 aliphatic carbocycles. The molecule has 0 saturated carbocycles. The smallest absolute Gasteiger partial charge is 0.282 e. The SMILES string of the molecule is [C-]#[N+]C[C@H]1CN(C2=C(C#N)C(OC[C@@]34CCCN3C[C@H](F)C4)=NC3C=C(c4cccc5ccc(F)c(Cl)c45)C=CC23)CCN1C(=O)C(=C)F. The van der Waals surface area contributed by atoms with E-state index in [1.165, 1.54) is 11.0 Å². The third kappa shape index (κ3) is 5.79. The fourth-order valence-corrected chi connectivity index (χ4v) is 8.51. The quantitative estimate of drug-likeness (QED) is 0.265. The lowest BCUT2D eigenvalue weighted by Crippen LogP contribution is -2.57. The topological polar surface area (TPSA) is 76.5 Å². The molecule has 0 spiro atoms. The Morgan fingerprint density at radius 2 is 2.08 bits per heavy atom. The predicted molar refractivity (Wildman–Crippen MR) is 181 cm³/mol. The van der Waals surface area contributed by atoms with Gasteiger partial charge < -0.3 is 19.4 Å². The predicted octanol–water partition coefficient (Wildman–Crippen LogP) is 6.27. The average Bonchev–Trinajstić information content (AvgIpc) is 3.63. The number of halogens is 4. The number of alkyl halides is 1. The summed E-state index contributed by atoms with van der Waals surface area (Å²) in [5, 5.41) is 12.0. The van der Waals surface area contributed by atoms with Crippen molar-refractivity contribution in [2.45, 2.75) is 43.1 Å². The van der Waals surface area contributed by atoms with Crippen molar-refractivity contribution in [1.82, 2.24) is 14.7 Å². The van der Waals surface area contributed by atoms with Crippen LogP contribution < -0.4 is 0 Å². The molecule has 4 aliphatic heterocycles. The highest BCUT2D eigenvalue weighted by atomic mass is 35.5. The number of rotatable bonds is 6. The van der Waals surface area contributed by atoms with Crippen LogP contribution in [-0.4, -0.2) is 96.2 Å². The van der Waals surface area contributed by atoms with Crippen molar-refractivity contribution >= 4 is 39.8 Å². The first kappa shape index (κ1) is 32.9. The first-order valence-corrected chi connectivity index (χ1v) is 16.8. The van der Waals surface area contributed by atoms with Crippen LogP contribution in [0.3, 0.4) is 0 Å². The van der Waals surface area contributed by atoms with Gasteiger partial charge in [0.25, 0.3) is 5.91 Å². The highest BCUT2D eigenvalue weighted by Crippen LogP contribution is 2.43. The summed E-state index contributed by atoms with van der Waals surface area (Å²) < 4.78 is 49.6. The molecule has 2 unspecified atom stereocenters. The van der Waals surface area contributed by atoms with Crippen LogP contribution in [0.25, 0.3) is 21.2 Å². The van der Waals surface area contributed by atoms with Crippen LogP contribution in [0.4, 0.5) is 13.2 Å². The Bertz CT molecular complexity index is 1950. The second kappa shape index (κ2) is 13.0. The highest BCUT2D eigenvalue weighted by molar-refractivity contribution is 6.36. The third-order valence-electron chi connectivity index (χ3n) is 10.5. The number of aliphatic imine (C=N–C) groups is 1. The summed E-state index contributed by atoms with van der Waals surface area (Å²) in [5.41, 5.74) is 1.87. The van der Waals surface area contributed by atoms with Crippen LogP contribution in [0.1, 0.15) is 24.8 Å². The Morgan fingerprint density at radius 3 is 2.86 bits per heavy atom. The summed E-state index contributed by atoms with van der Waals surface area (Å²) in [6.07, 6.45) is 6.93. The van der Waals surface area contributed by atoms with E-state index in [0.29, 0.717) is 24.0 Å². The van der Waals surface area contributed by atoms with E-state index in [0.717, 1.165) is 35.9 Å². The van der Waals surface area contributed by atoms with E-state index >= 15 is 0 Å². The van der Waals surface area contributed by atoms with Gasteiger partial charge in [-0.25, -0.2) is 24.7 Å². The standard InChI is InChI=1S/C37H34ClF3N6O2/c1-22(39)36(48)47-14-13-45(20-26(47)18-43-2)34-28-9-7-24(27-6-3-5-23-8-10-30(41)33(38)32(23)27)15-31(28)44-35(29(34)17-42)49-21-37-11-4-12-46(37)19-25(40)16-37/h3,5-10,15,25-26,28,31H,1,4,11-14,16,18-21H2/t25-,26+,28?,31?,37+/m1/s1. The molecule has 2 aromatic carbocycles. The number of dihydropyridines is 1. The van der Waals surface area contributed by atoms with Crippen molar-refractivity contribution < 1.29 is 22.7 Å². The zero-order valence-electron chi connectivity index (χ0n) is 26.7. The zero-order valence-corrected chi connectivity index (χ0v) is 27.5. The molecular formula is C37H34ClF3N6O2. The number of amides is 1. The second-order valence-electron chi connectivity index (χ2n) is 13.3. The number of ether oxygens (including phenoxy) is 1. The lowest BCUT2D eigenvalue weighted by molar-refractivity contribution is -0.132. The number of carbonyl (C=O) groups excluding carboxylic acids is 1. The summed E-state index contributed by atoms with van der Waals surface area (Å²) in [7, 11) is 0. The van der Waals surface area contributed by atoms with E-state index in [9.17, 15) is 23.2 Å². The van der Waals surface area contributed by atoms with Gasteiger partial charge in [0.05, 0.1) is 16.6 Å². The fourth-order valence-electron chi connectivity index (χ4n) is 8.23. The van der Waals surface area contributed by atoms with Crippen LogP contribution in [0.15, 0.2) is 77.2 Å². The number of nitrogens with zero attached hydrogens (tertiary/aromatic N) is 6. The fraction of sp³-hybridized carbons (Fsp3) is 0.405. The van der Waals surface area contributed by atoms with Crippen molar-refractivity contribution in [3.63, 3.8) is 0 Å². The van der Waals surface area contributed by atoms with Crippen LogP contribution in [-0.2, 0) is 9.53 Å². The van der Waals surface area contributed by atoms with Crippen molar-refractivity contribution in [2.24, 2.45) is 10.9 Å². The molecule has 4 heterocycles. The molecule has 49 heavy (non-hydrogen) atoms. The van der Waals surface area contributed by atoms with E-state index in [4.69, 9.17) is 27.9 Å². The van der Waals surface area contributed by atoms with Gasteiger partial charge in [-0.1, -0.05) is 60.7 Å². The first-order chi connectivity index (χ1) is 23.6. The highest BCUT2D eigenvalue weighted by Gasteiger charge is 2.50. The molecule has 7 rings (SSSR count). The number of fused-ring (bicyclic) bond motifs is 3. The minimum Gasteiger partial charge on any atom is -0.475 e. The third-order valence-corrected chi connectivity index (χ3v) is 10.8. The van der Waals surface area contributed by atoms with Crippen LogP contribution in [0.5, 0.6) is 0 Å². The van der Waals surface area contributed by atoms with Crippen LogP contribution in [0.2, 0.25) is 5.02 Å². The summed E-state index contributed by atoms with van der Waals surface area (Å²) in [4.78, 5) is 26.6. The van der Waals surface area contributed by atoms with E-state index < -0.39 is 47.3 Å². The Labute approximate surface area is 287 Å². The van der Waals surface area contributed by atoms with Gasteiger partial charge in [-0.2, -0.15) is 5.26 Å². The van der Waals surface area contributed by atoms with Gasteiger partial charge in [-0.3, -0.25) is 9.69 Å². The number of carbonyl (C=O) groups is 1. The largest absolute Gasteiger partial charge is 0.475 e. The molecule has 5 aliphatic rings. The molecule has 0 bridgehead atoms. The van der Waals surface area contributed by atoms with Crippen molar-refractivity contribution in [3.8, 4) is 6.07 Å². The molecule has 252 valence electrons. The molecule has 5 atom stereocenters. The number of benzene rings is 2. The normalized spacial score (nSPS) is 28.0. The minimum atomic E-state index is -1.09. The lowest BCUT2D eigenvalue weighted by Gasteiger charge is -2.44. The molecular weight excluding hydrogens is 653 g/mol.